The van der Waals surface area contributed by atoms with Gasteiger partial charge in [-0.2, -0.15) is 0 Å². The summed E-state index contributed by atoms with van der Waals surface area (Å²) in [5.74, 6) is 2.26. The van der Waals surface area contributed by atoms with Crippen molar-refractivity contribution in [3.8, 4) is 22.3 Å². The average molecular weight is 415 g/mol. The van der Waals surface area contributed by atoms with Crippen LogP contribution in [-0.4, -0.2) is 0 Å². The highest BCUT2D eigenvalue weighted by Crippen LogP contribution is 2.44. The Bertz CT molecular complexity index is 990. The molecular formula is C30H35F. The van der Waals surface area contributed by atoms with Crippen LogP contribution in [0.1, 0.15) is 58.9 Å². The van der Waals surface area contributed by atoms with Crippen LogP contribution in [0.4, 0.5) is 4.39 Å². The molecule has 0 atom stereocenters. The summed E-state index contributed by atoms with van der Waals surface area (Å²) in [6.07, 6.45) is 5.36. The van der Waals surface area contributed by atoms with Crippen LogP contribution in [0.3, 0.4) is 0 Å². The van der Waals surface area contributed by atoms with Crippen LogP contribution in [0, 0.1) is 23.6 Å². The van der Waals surface area contributed by atoms with Crippen LogP contribution in [0.5, 0.6) is 0 Å². The maximum atomic E-state index is 14.8. The van der Waals surface area contributed by atoms with Gasteiger partial charge in [0.15, 0.2) is 0 Å². The molecule has 1 heteroatoms. The first-order chi connectivity index (χ1) is 14.9. The second kappa shape index (κ2) is 8.99. The third-order valence-corrected chi connectivity index (χ3v) is 7.75. The predicted molar refractivity (Wildman–Crippen MR) is 131 cm³/mol. The van der Waals surface area contributed by atoms with E-state index in [-0.39, 0.29) is 11.2 Å². The lowest BCUT2D eigenvalue weighted by Crippen LogP contribution is -2.33. The first kappa shape index (κ1) is 21.8. The molecule has 3 aromatic rings. The molecule has 0 radical (unpaired) electrons. The molecule has 0 bridgehead atoms. The van der Waals surface area contributed by atoms with Crippen LogP contribution in [0.25, 0.3) is 22.3 Å². The summed E-state index contributed by atoms with van der Waals surface area (Å²) >= 11 is 0. The second-order valence-corrected chi connectivity index (χ2v) is 10.2. The topological polar surface area (TPSA) is 0 Å². The summed E-state index contributed by atoms with van der Waals surface area (Å²) in [5.41, 5.74) is 5.13. The van der Waals surface area contributed by atoms with Gasteiger partial charge in [0.05, 0.1) is 0 Å². The quantitative estimate of drug-likeness (QED) is 0.391. The van der Waals surface area contributed by atoms with Gasteiger partial charge in [0, 0.05) is 5.56 Å². The molecule has 1 aliphatic carbocycles. The molecule has 31 heavy (non-hydrogen) atoms. The van der Waals surface area contributed by atoms with E-state index in [4.69, 9.17) is 0 Å². The van der Waals surface area contributed by atoms with E-state index < -0.39 is 0 Å². The molecule has 0 amide bonds. The van der Waals surface area contributed by atoms with Crippen LogP contribution in [-0.2, 0) is 5.41 Å². The molecule has 0 saturated heterocycles. The molecule has 1 aliphatic rings. The third kappa shape index (κ3) is 4.61. The maximum absolute atomic E-state index is 14.8. The van der Waals surface area contributed by atoms with E-state index in [9.17, 15) is 4.39 Å². The Morgan fingerprint density at radius 3 is 1.94 bits per heavy atom. The van der Waals surface area contributed by atoms with Crippen molar-refractivity contribution in [1.82, 2.24) is 0 Å². The summed E-state index contributed by atoms with van der Waals surface area (Å²) in [7, 11) is 0. The van der Waals surface area contributed by atoms with E-state index in [1.54, 1.807) is 6.07 Å². The highest BCUT2D eigenvalue weighted by Gasteiger charge is 2.35. The van der Waals surface area contributed by atoms with Crippen molar-refractivity contribution in [3.63, 3.8) is 0 Å². The SMILES string of the molecule is CC(C)C1CCC(C(C)(C)c2ccc(-c3ccc(-c4ccccc4)c(F)c3)cc2)CC1. The monoisotopic (exact) mass is 414 g/mol. The predicted octanol–water partition coefficient (Wildman–Crippen LogP) is 8.90. The number of hydrogen-bond acceptors (Lipinski definition) is 0. The third-order valence-electron chi connectivity index (χ3n) is 7.75. The van der Waals surface area contributed by atoms with Crippen molar-refractivity contribution in [1.29, 1.82) is 0 Å². The van der Waals surface area contributed by atoms with Gasteiger partial charge in [-0.05, 0) is 77.2 Å². The van der Waals surface area contributed by atoms with Gasteiger partial charge in [0.25, 0.3) is 0 Å². The Kier molecular flexibility index (Phi) is 6.32. The van der Waals surface area contributed by atoms with Gasteiger partial charge in [-0.25, -0.2) is 4.39 Å². The average Bonchev–Trinajstić information content (AvgIpc) is 2.79. The van der Waals surface area contributed by atoms with Gasteiger partial charge in [0.2, 0.25) is 0 Å². The smallest absolute Gasteiger partial charge is 0.131 e. The van der Waals surface area contributed by atoms with E-state index >= 15 is 0 Å². The van der Waals surface area contributed by atoms with Crippen molar-refractivity contribution in [2.24, 2.45) is 17.8 Å². The van der Waals surface area contributed by atoms with Crippen molar-refractivity contribution in [2.75, 3.05) is 0 Å². The number of rotatable bonds is 5. The van der Waals surface area contributed by atoms with Gasteiger partial charge in [-0.15, -0.1) is 0 Å². The van der Waals surface area contributed by atoms with Crippen molar-refractivity contribution < 1.29 is 4.39 Å². The summed E-state index contributed by atoms with van der Waals surface area (Å²) < 4.78 is 14.8. The lowest BCUT2D eigenvalue weighted by atomic mass is 9.64. The summed E-state index contributed by atoms with van der Waals surface area (Å²) in [6, 6.07) is 24.2. The van der Waals surface area contributed by atoms with Crippen LogP contribution in [0.2, 0.25) is 0 Å². The minimum absolute atomic E-state index is 0.170. The minimum atomic E-state index is -0.171. The maximum Gasteiger partial charge on any atom is 0.131 e. The fraction of sp³-hybridized carbons (Fsp3) is 0.400. The molecule has 0 heterocycles. The zero-order valence-electron chi connectivity index (χ0n) is 19.4. The first-order valence-electron chi connectivity index (χ1n) is 11.8. The standard InChI is InChI=1S/C30H35F/c1-21(2)22-10-15-26(16-11-22)30(3,4)27-17-12-23(13-18-27)25-14-19-28(29(31)20-25)24-8-6-5-7-9-24/h5-9,12-14,17-22,26H,10-11,15-16H2,1-4H3. The molecule has 3 aromatic carbocycles. The van der Waals surface area contributed by atoms with E-state index in [0.29, 0.717) is 5.56 Å². The molecule has 0 unspecified atom stereocenters. The summed E-state index contributed by atoms with van der Waals surface area (Å²) in [6.45, 7) is 9.53. The fourth-order valence-electron chi connectivity index (χ4n) is 5.38. The molecule has 1 fully saturated rings. The highest BCUT2D eigenvalue weighted by atomic mass is 19.1. The molecule has 1 saturated carbocycles. The molecule has 0 N–H and O–H groups in total. The Morgan fingerprint density at radius 1 is 0.742 bits per heavy atom. The summed E-state index contributed by atoms with van der Waals surface area (Å²) in [4.78, 5) is 0. The largest absolute Gasteiger partial charge is 0.206 e. The highest BCUT2D eigenvalue weighted by molar-refractivity contribution is 5.71. The Labute approximate surface area is 187 Å². The normalized spacial score (nSPS) is 19.5. The van der Waals surface area contributed by atoms with E-state index in [2.05, 4.69) is 52.0 Å². The fourth-order valence-corrected chi connectivity index (χ4v) is 5.38. The van der Waals surface area contributed by atoms with Crippen LogP contribution in [0.15, 0.2) is 72.8 Å². The van der Waals surface area contributed by atoms with Gasteiger partial charge < -0.3 is 0 Å². The molecule has 0 aromatic heterocycles. The van der Waals surface area contributed by atoms with Crippen LogP contribution >= 0.6 is 0 Å². The first-order valence-corrected chi connectivity index (χ1v) is 11.8. The molecule has 0 aliphatic heterocycles. The molecule has 4 rings (SSSR count). The van der Waals surface area contributed by atoms with Crippen LogP contribution < -0.4 is 0 Å². The lowest BCUT2D eigenvalue weighted by molar-refractivity contribution is 0.167. The second-order valence-electron chi connectivity index (χ2n) is 10.2. The van der Waals surface area contributed by atoms with E-state index in [1.165, 1.54) is 31.2 Å². The van der Waals surface area contributed by atoms with Gasteiger partial charge in [-0.1, -0.05) is 94.4 Å². The molecule has 162 valence electrons. The number of halogens is 1. The molecular weight excluding hydrogens is 379 g/mol. The Morgan fingerprint density at radius 2 is 1.35 bits per heavy atom. The Balaban J connectivity index is 1.51. The number of benzene rings is 3. The van der Waals surface area contributed by atoms with Gasteiger partial charge in [0.1, 0.15) is 5.82 Å². The summed E-state index contributed by atoms with van der Waals surface area (Å²) in [5, 5.41) is 0. The molecule has 0 spiro atoms. The van der Waals surface area contributed by atoms with Crippen molar-refractivity contribution >= 4 is 0 Å². The van der Waals surface area contributed by atoms with Crippen molar-refractivity contribution in [3.05, 3.63) is 84.2 Å². The number of hydrogen-bond donors (Lipinski definition) is 0. The van der Waals surface area contributed by atoms with Gasteiger partial charge in [-0.3, -0.25) is 0 Å². The molecule has 0 nitrogen and oxygen atoms in total. The lowest BCUT2D eigenvalue weighted by Gasteiger charge is -2.40. The zero-order valence-corrected chi connectivity index (χ0v) is 19.4. The zero-order chi connectivity index (χ0) is 22.0. The minimum Gasteiger partial charge on any atom is -0.206 e. The Hall–Kier alpha value is -2.41. The van der Waals surface area contributed by atoms with Crippen molar-refractivity contribution in [2.45, 2.75) is 58.8 Å². The van der Waals surface area contributed by atoms with Gasteiger partial charge >= 0.3 is 0 Å². The van der Waals surface area contributed by atoms with E-state index in [0.717, 1.165) is 34.4 Å². The van der Waals surface area contributed by atoms with E-state index in [1.807, 2.05) is 42.5 Å².